The fourth-order valence-electron chi connectivity index (χ4n) is 1.94. The van der Waals surface area contributed by atoms with Crippen molar-refractivity contribution in [2.24, 2.45) is 0 Å². The van der Waals surface area contributed by atoms with Crippen molar-refractivity contribution in [1.82, 2.24) is 15.1 Å². The van der Waals surface area contributed by atoms with Gasteiger partial charge in [0.05, 0.1) is 13.2 Å². The van der Waals surface area contributed by atoms with Gasteiger partial charge in [0.15, 0.2) is 0 Å². The molecule has 6 heteroatoms. The van der Waals surface area contributed by atoms with Crippen LogP contribution in [0, 0.1) is 0 Å². The lowest BCUT2D eigenvalue weighted by Crippen LogP contribution is -2.29. The van der Waals surface area contributed by atoms with Gasteiger partial charge in [-0.2, -0.15) is 0 Å². The number of hydrogen-bond acceptors (Lipinski definition) is 6. The predicted molar refractivity (Wildman–Crippen MR) is 69.9 cm³/mol. The largest absolute Gasteiger partial charge is 0.424 e. The van der Waals surface area contributed by atoms with E-state index in [9.17, 15) is 0 Å². The summed E-state index contributed by atoms with van der Waals surface area (Å²) in [6.45, 7) is 3.96. The minimum atomic E-state index is 0.516. The summed E-state index contributed by atoms with van der Waals surface area (Å²) in [7, 11) is 3.44. The first-order valence-electron chi connectivity index (χ1n) is 6.86. The maximum absolute atomic E-state index is 5.69. The van der Waals surface area contributed by atoms with Crippen molar-refractivity contribution in [2.45, 2.75) is 31.7 Å². The zero-order chi connectivity index (χ0) is 13.5. The van der Waals surface area contributed by atoms with Crippen LogP contribution in [0.5, 0.6) is 0 Å². The van der Waals surface area contributed by atoms with E-state index in [1.807, 2.05) is 0 Å². The molecule has 1 saturated carbocycles. The maximum Gasteiger partial charge on any atom is 0.230 e. The first-order valence-corrected chi connectivity index (χ1v) is 6.86. The van der Waals surface area contributed by atoms with Gasteiger partial charge in [0.2, 0.25) is 11.8 Å². The Morgan fingerprint density at radius 2 is 1.95 bits per heavy atom. The topological polar surface area (TPSA) is 60.6 Å². The van der Waals surface area contributed by atoms with Gasteiger partial charge < -0.3 is 13.9 Å². The number of ether oxygens (including phenoxy) is 2. The first-order chi connectivity index (χ1) is 9.33. The number of nitrogens with zero attached hydrogens (tertiary/aromatic N) is 3. The normalized spacial score (nSPS) is 15.3. The second-order valence-electron chi connectivity index (χ2n) is 4.92. The Kier molecular flexibility index (Phi) is 5.75. The average Bonchev–Trinajstić information content (AvgIpc) is 3.17. The average molecular weight is 269 g/mol. The van der Waals surface area contributed by atoms with Gasteiger partial charge in [-0.05, 0) is 19.3 Å². The molecule has 0 bridgehead atoms. The molecule has 0 spiro atoms. The molecule has 6 nitrogen and oxygen atoms in total. The number of aromatic nitrogens is 2. The van der Waals surface area contributed by atoms with Crippen molar-refractivity contribution >= 4 is 0 Å². The van der Waals surface area contributed by atoms with Gasteiger partial charge in [-0.1, -0.05) is 0 Å². The number of hydrogen-bond donors (Lipinski definition) is 0. The molecule has 1 aliphatic carbocycles. The van der Waals surface area contributed by atoms with Crippen LogP contribution in [-0.2, 0) is 16.0 Å². The SMILES string of the molecule is COCCCN(CCOC)Cc1nnc(C2CC2)o1. The van der Waals surface area contributed by atoms with Crippen LogP contribution < -0.4 is 0 Å². The highest BCUT2D eigenvalue weighted by Gasteiger charge is 2.29. The molecule has 1 aromatic heterocycles. The molecule has 1 heterocycles. The molecule has 108 valence electrons. The molecule has 0 atom stereocenters. The second-order valence-corrected chi connectivity index (χ2v) is 4.92. The van der Waals surface area contributed by atoms with Crippen LogP contribution in [0.1, 0.15) is 37.0 Å². The lowest BCUT2D eigenvalue weighted by Gasteiger charge is -2.19. The monoisotopic (exact) mass is 269 g/mol. The zero-order valence-corrected chi connectivity index (χ0v) is 11.8. The number of rotatable bonds is 10. The summed E-state index contributed by atoms with van der Waals surface area (Å²) >= 11 is 0. The standard InChI is InChI=1S/C13H23N3O3/c1-17-8-3-6-16(7-9-18-2)10-12-14-15-13(19-12)11-4-5-11/h11H,3-10H2,1-2H3. The Bertz CT molecular complexity index is 366. The van der Waals surface area contributed by atoms with Gasteiger partial charge in [0.25, 0.3) is 0 Å². The maximum atomic E-state index is 5.69. The Balaban J connectivity index is 1.81. The zero-order valence-electron chi connectivity index (χ0n) is 11.8. The smallest absolute Gasteiger partial charge is 0.230 e. The molecule has 0 saturated heterocycles. The lowest BCUT2D eigenvalue weighted by molar-refractivity contribution is 0.123. The minimum Gasteiger partial charge on any atom is -0.424 e. The van der Waals surface area contributed by atoms with Crippen LogP contribution >= 0.6 is 0 Å². The minimum absolute atomic E-state index is 0.516. The summed E-state index contributed by atoms with van der Waals surface area (Å²) in [5.74, 6) is 2.02. The highest BCUT2D eigenvalue weighted by molar-refractivity contribution is 5.00. The van der Waals surface area contributed by atoms with E-state index in [0.29, 0.717) is 25.0 Å². The Morgan fingerprint density at radius 1 is 1.16 bits per heavy atom. The highest BCUT2D eigenvalue weighted by Crippen LogP contribution is 2.39. The third-order valence-corrected chi connectivity index (χ3v) is 3.20. The third-order valence-electron chi connectivity index (χ3n) is 3.20. The van der Waals surface area contributed by atoms with Gasteiger partial charge in [-0.3, -0.25) is 4.90 Å². The van der Waals surface area contributed by atoms with Crippen LogP contribution in [0.3, 0.4) is 0 Å². The van der Waals surface area contributed by atoms with E-state index < -0.39 is 0 Å². The Hall–Kier alpha value is -0.980. The summed E-state index contributed by atoms with van der Waals surface area (Å²) in [4.78, 5) is 2.26. The fraction of sp³-hybridized carbons (Fsp3) is 0.846. The van der Waals surface area contributed by atoms with Gasteiger partial charge in [0, 0.05) is 39.8 Å². The predicted octanol–water partition coefficient (Wildman–Crippen LogP) is 1.43. The molecule has 0 unspecified atom stereocenters. The first kappa shape index (κ1) is 14.4. The number of methoxy groups -OCH3 is 2. The van der Waals surface area contributed by atoms with Crippen molar-refractivity contribution in [3.8, 4) is 0 Å². The molecule has 2 rings (SSSR count). The van der Waals surface area contributed by atoms with Crippen molar-refractivity contribution in [3.63, 3.8) is 0 Å². The quantitative estimate of drug-likeness (QED) is 0.599. The molecule has 0 amide bonds. The van der Waals surface area contributed by atoms with Crippen molar-refractivity contribution in [1.29, 1.82) is 0 Å². The lowest BCUT2D eigenvalue weighted by atomic mass is 10.3. The molecule has 1 fully saturated rings. The van der Waals surface area contributed by atoms with Gasteiger partial charge in [-0.25, -0.2) is 0 Å². The molecule has 1 aromatic rings. The summed E-state index contributed by atoms with van der Waals surface area (Å²) < 4.78 is 15.9. The molecular weight excluding hydrogens is 246 g/mol. The van der Waals surface area contributed by atoms with E-state index in [-0.39, 0.29) is 0 Å². The third kappa shape index (κ3) is 4.89. The summed E-state index contributed by atoms with van der Waals surface area (Å²) in [5.41, 5.74) is 0. The van der Waals surface area contributed by atoms with Crippen molar-refractivity contribution in [2.75, 3.05) is 40.5 Å². The molecule has 0 aromatic carbocycles. The van der Waals surface area contributed by atoms with Crippen LogP contribution in [0.4, 0.5) is 0 Å². The van der Waals surface area contributed by atoms with Crippen molar-refractivity contribution in [3.05, 3.63) is 11.8 Å². The molecule has 0 radical (unpaired) electrons. The van der Waals surface area contributed by atoms with E-state index in [4.69, 9.17) is 13.9 Å². The van der Waals surface area contributed by atoms with Gasteiger partial charge >= 0.3 is 0 Å². The van der Waals surface area contributed by atoms with Crippen LogP contribution in [0.15, 0.2) is 4.42 Å². The molecule has 0 N–H and O–H groups in total. The molecular formula is C13H23N3O3. The van der Waals surface area contributed by atoms with Gasteiger partial charge in [0.1, 0.15) is 0 Å². The fourth-order valence-corrected chi connectivity index (χ4v) is 1.94. The summed E-state index contributed by atoms with van der Waals surface area (Å²) in [5, 5.41) is 8.23. The van der Waals surface area contributed by atoms with E-state index in [0.717, 1.165) is 32.0 Å². The Morgan fingerprint density at radius 3 is 2.63 bits per heavy atom. The van der Waals surface area contributed by atoms with E-state index in [2.05, 4.69) is 15.1 Å². The van der Waals surface area contributed by atoms with Crippen molar-refractivity contribution < 1.29 is 13.9 Å². The van der Waals surface area contributed by atoms with Crippen LogP contribution in [0.2, 0.25) is 0 Å². The molecule has 1 aliphatic rings. The van der Waals surface area contributed by atoms with E-state index in [1.54, 1.807) is 14.2 Å². The highest BCUT2D eigenvalue weighted by atomic mass is 16.5. The van der Waals surface area contributed by atoms with Crippen LogP contribution in [-0.4, -0.2) is 55.6 Å². The Labute approximate surface area is 114 Å². The summed E-state index contributed by atoms with van der Waals surface area (Å²) in [6.07, 6.45) is 3.36. The van der Waals surface area contributed by atoms with E-state index in [1.165, 1.54) is 12.8 Å². The summed E-state index contributed by atoms with van der Waals surface area (Å²) in [6, 6.07) is 0. The van der Waals surface area contributed by atoms with Crippen LogP contribution in [0.25, 0.3) is 0 Å². The van der Waals surface area contributed by atoms with E-state index >= 15 is 0 Å². The second kappa shape index (κ2) is 7.57. The van der Waals surface area contributed by atoms with Gasteiger partial charge in [-0.15, -0.1) is 10.2 Å². The molecule has 0 aliphatic heterocycles. The molecule has 19 heavy (non-hydrogen) atoms.